The molecule has 4 heteroatoms. The molecule has 0 saturated heterocycles. The third-order valence-corrected chi connectivity index (χ3v) is 3.86. The normalized spacial score (nSPS) is 22.3. The summed E-state index contributed by atoms with van der Waals surface area (Å²) in [5.41, 5.74) is 6.89. The predicted molar refractivity (Wildman–Crippen MR) is 80.8 cm³/mol. The average molecular weight is 276 g/mol. The van der Waals surface area contributed by atoms with Crippen molar-refractivity contribution in [3.63, 3.8) is 0 Å². The van der Waals surface area contributed by atoms with Crippen LogP contribution in [-0.2, 0) is 4.79 Å². The lowest BCUT2D eigenvalue weighted by Crippen LogP contribution is -2.35. The minimum absolute atomic E-state index is 0.0523. The second-order valence-electron chi connectivity index (χ2n) is 5.42. The second-order valence-corrected chi connectivity index (χ2v) is 5.42. The number of ether oxygens (including phenoxy) is 1. The standard InChI is InChI=1S/C16H24N2O2/c1-2-20-14-9-7-13(8-10-14)18-16(19)11-12-5-3-4-6-15(12)17/h7-10,12,15H,2-6,11,17H2,1H3,(H,18,19). The summed E-state index contributed by atoms with van der Waals surface area (Å²) in [7, 11) is 0. The fourth-order valence-electron chi connectivity index (χ4n) is 2.74. The number of amides is 1. The van der Waals surface area contributed by atoms with E-state index in [9.17, 15) is 4.79 Å². The molecule has 0 bridgehead atoms. The molecular weight excluding hydrogens is 252 g/mol. The van der Waals surface area contributed by atoms with Crippen LogP contribution < -0.4 is 15.8 Å². The monoisotopic (exact) mass is 276 g/mol. The van der Waals surface area contributed by atoms with Crippen molar-refractivity contribution in [1.82, 2.24) is 0 Å². The predicted octanol–water partition coefficient (Wildman–Crippen LogP) is 2.93. The Morgan fingerprint density at radius 2 is 2.00 bits per heavy atom. The van der Waals surface area contributed by atoms with E-state index in [1.807, 2.05) is 31.2 Å². The summed E-state index contributed by atoms with van der Waals surface area (Å²) in [6.07, 6.45) is 5.01. The van der Waals surface area contributed by atoms with Gasteiger partial charge in [-0.15, -0.1) is 0 Å². The molecule has 1 aliphatic carbocycles. The van der Waals surface area contributed by atoms with Gasteiger partial charge in [-0.3, -0.25) is 4.79 Å². The van der Waals surface area contributed by atoms with Gasteiger partial charge in [-0.05, 0) is 49.9 Å². The molecule has 2 rings (SSSR count). The molecule has 1 aromatic rings. The summed E-state index contributed by atoms with van der Waals surface area (Å²) >= 11 is 0. The maximum Gasteiger partial charge on any atom is 0.224 e. The van der Waals surface area contributed by atoms with Crippen LogP contribution in [0.25, 0.3) is 0 Å². The first kappa shape index (κ1) is 14.9. The van der Waals surface area contributed by atoms with Crippen molar-refractivity contribution in [3.8, 4) is 5.75 Å². The van der Waals surface area contributed by atoms with E-state index in [-0.39, 0.29) is 11.9 Å². The zero-order chi connectivity index (χ0) is 14.4. The van der Waals surface area contributed by atoms with Gasteiger partial charge in [0, 0.05) is 18.2 Å². The lowest BCUT2D eigenvalue weighted by atomic mass is 9.83. The summed E-state index contributed by atoms with van der Waals surface area (Å²) in [6.45, 7) is 2.59. The Hall–Kier alpha value is -1.55. The van der Waals surface area contributed by atoms with Crippen molar-refractivity contribution in [2.45, 2.75) is 45.1 Å². The Bertz CT molecular complexity index is 431. The number of carbonyl (C=O) groups excluding carboxylic acids is 1. The molecule has 2 unspecified atom stereocenters. The van der Waals surface area contributed by atoms with E-state index in [0.717, 1.165) is 24.3 Å². The molecule has 1 aromatic carbocycles. The summed E-state index contributed by atoms with van der Waals surface area (Å²) in [5.74, 6) is 1.20. The minimum atomic E-state index is 0.0523. The van der Waals surface area contributed by atoms with Crippen LogP contribution in [0.5, 0.6) is 5.75 Å². The van der Waals surface area contributed by atoms with E-state index in [2.05, 4.69) is 5.32 Å². The lowest BCUT2D eigenvalue weighted by molar-refractivity contribution is -0.117. The quantitative estimate of drug-likeness (QED) is 0.869. The van der Waals surface area contributed by atoms with Crippen LogP contribution in [0.15, 0.2) is 24.3 Å². The number of nitrogens with two attached hydrogens (primary N) is 1. The van der Waals surface area contributed by atoms with Crippen LogP contribution in [0.3, 0.4) is 0 Å². The van der Waals surface area contributed by atoms with Gasteiger partial charge in [0.25, 0.3) is 0 Å². The molecule has 0 spiro atoms. The number of nitrogens with one attached hydrogen (secondary N) is 1. The molecule has 3 N–H and O–H groups in total. The van der Waals surface area contributed by atoms with Crippen LogP contribution >= 0.6 is 0 Å². The first-order valence-corrected chi connectivity index (χ1v) is 7.47. The van der Waals surface area contributed by atoms with Gasteiger partial charge in [-0.2, -0.15) is 0 Å². The number of rotatable bonds is 5. The van der Waals surface area contributed by atoms with Crippen molar-refractivity contribution in [2.75, 3.05) is 11.9 Å². The maximum atomic E-state index is 12.0. The highest BCUT2D eigenvalue weighted by Gasteiger charge is 2.24. The van der Waals surface area contributed by atoms with Crippen LogP contribution in [0.1, 0.15) is 39.0 Å². The van der Waals surface area contributed by atoms with Gasteiger partial charge in [-0.1, -0.05) is 12.8 Å². The summed E-state index contributed by atoms with van der Waals surface area (Å²) < 4.78 is 5.37. The molecule has 0 aromatic heterocycles. The van der Waals surface area contributed by atoms with Gasteiger partial charge in [-0.25, -0.2) is 0 Å². The number of hydrogen-bond acceptors (Lipinski definition) is 3. The molecule has 1 amide bonds. The highest BCUT2D eigenvalue weighted by molar-refractivity contribution is 5.90. The smallest absolute Gasteiger partial charge is 0.224 e. The zero-order valence-electron chi connectivity index (χ0n) is 12.1. The van der Waals surface area contributed by atoms with Crippen molar-refractivity contribution >= 4 is 11.6 Å². The van der Waals surface area contributed by atoms with Crippen molar-refractivity contribution in [1.29, 1.82) is 0 Å². The first-order valence-electron chi connectivity index (χ1n) is 7.47. The molecule has 0 heterocycles. The number of carbonyl (C=O) groups is 1. The zero-order valence-corrected chi connectivity index (χ0v) is 12.1. The van der Waals surface area contributed by atoms with E-state index >= 15 is 0 Å². The molecule has 1 saturated carbocycles. The molecule has 1 aliphatic rings. The number of hydrogen-bond donors (Lipinski definition) is 2. The number of benzene rings is 1. The van der Waals surface area contributed by atoms with Crippen LogP contribution in [0.4, 0.5) is 5.69 Å². The minimum Gasteiger partial charge on any atom is -0.494 e. The molecule has 1 fully saturated rings. The van der Waals surface area contributed by atoms with Crippen molar-refractivity contribution in [3.05, 3.63) is 24.3 Å². The van der Waals surface area contributed by atoms with Crippen LogP contribution in [0, 0.1) is 5.92 Å². The highest BCUT2D eigenvalue weighted by atomic mass is 16.5. The fraction of sp³-hybridized carbons (Fsp3) is 0.562. The average Bonchev–Trinajstić information content (AvgIpc) is 2.44. The van der Waals surface area contributed by atoms with Gasteiger partial charge in [0.15, 0.2) is 0 Å². The molecule has 4 nitrogen and oxygen atoms in total. The topological polar surface area (TPSA) is 64.3 Å². The van der Waals surface area contributed by atoms with E-state index in [1.165, 1.54) is 12.8 Å². The summed E-state index contributed by atoms with van der Waals surface area (Å²) in [5, 5.41) is 2.93. The van der Waals surface area contributed by atoms with E-state index < -0.39 is 0 Å². The Morgan fingerprint density at radius 1 is 1.30 bits per heavy atom. The Kier molecular flexibility index (Phi) is 5.41. The van der Waals surface area contributed by atoms with E-state index in [0.29, 0.717) is 18.9 Å². The fourth-order valence-corrected chi connectivity index (χ4v) is 2.74. The summed E-state index contributed by atoms with van der Waals surface area (Å²) in [6, 6.07) is 7.64. The van der Waals surface area contributed by atoms with Gasteiger partial charge >= 0.3 is 0 Å². The van der Waals surface area contributed by atoms with Gasteiger partial charge < -0.3 is 15.8 Å². The van der Waals surface area contributed by atoms with E-state index in [4.69, 9.17) is 10.5 Å². The number of anilines is 1. The Labute approximate surface area is 120 Å². The largest absolute Gasteiger partial charge is 0.494 e. The van der Waals surface area contributed by atoms with E-state index in [1.54, 1.807) is 0 Å². The Balaban J connectivity index is 1.84. The molecule has 2 atom stereocenters. The Morgan fingerprint density at radius 3 is 2.65 bits per heavy atom. The maximum absolute atomic E-state index is 12.0. The molecule has 0 radical (unpaired) electrons. The third kappa shape index (κ3) is 4.23. The molecule has 20 heavy (non-hydrogen) atoms. The van der Waals surface area contributed by atoms with Gasteiger partial charge in [0.05, 0.1) is 6.61 Å². The van der Waals surface area contributed by atoms with Crippen molar-refractivity contribution in [2.24, 2.45) is 11.7 Å². The van der Waals surface area contributed by atoms with Gasteiger partial charge in [0.1, 0.15) is 5.75 Å². The summed E-state index contributed by atoms with van der Waals surface area (Å²) in [4.78, 5) is 12.0. The molecule has 110 valence electrons. The van der Waals surface area contributed by atoms with Crippen LogP contribution in [0.2, 0.25) is 0 Å². The van der Waals surface area contributed by atoms with Crippen LogP contribution in [-0.4, -0.2) is 18.6 Å². The second kappa shape index (κ2) is 7.29. The molecule has 0 aliphatic heterocycles. The highest BCUT2D eigenvalue weighted by Crippen LogP contribution is 2.26. The SMILES string of the molecule is CCOc1ccc(NC(=O)CC2CCCCC2N)cc1. The third-order valence-electron chi connectivity index (χ3n) is 3.86. The molecular formula is C16H24N2O2. The lowest BCUT2D eigenvalue weighted by Gasteiger charge is -2.27. The van der Waals surface area contributed by atoms with Crippen molar-refractivity contribution < 1.29 is 9.53 Å². The first-order chi connectivity index (χ1) is 9.69. The van der Waals surface area contributed by atoms with Gasteiger partial charge in [0.2, 0.25) is 5.91 Å².